The number of carbonyl (C=O) groups is 2. The van der Waals surface area contributed by atoms with E-state index in [2.05, 4.69) is 4.98 Å². The highest BCUT2D eigenvalue weighted by Gasteiger charge is 2.20. The van der Waals surface area contributed by atoms with E-state index in [-0.39, 0.29) is 5.91 Å². The first-order chi connectivity index (χ1) is 11.1. The molecule has 1 aromatic heterocycles. The Kier molecular flexibility index (Phi) is 4.30. The lowest BCUT2D eigenvalue weighted by atomic mass is 9.99. The van der Waals surface area contributed by atoms with Crippen LogP contribution in [0.25, 0.3) is 11.1 Å². The summed E-state index contributed by atoms with van der Waals surface area (Å²) < 4.78 is 5.29. The van der Waals surface area contributed by atoms with Gasteiger partial charge in [0.1, 0.15) is 0 Å². The van der Waals surface area contributed by atoms with Crippen LogP contribution in [0, 0.1) is 13.8 Å². The molecule has 0 unspecified atom stereocenters. The Hall–Kier alpha value is -2.40. The van der Waals surface area contributed by atoms with Crippen molar-refractivity contribution in [3.63, 3.8) is 0 Å². The minimum atomic E-state index is 0.0246. The zero-order chi connectivity index (χ0) is 16.4. The average molecular weight is 312 g/mol. The maximum atomic E-state index is 12.6. The standard InChI is InChI=1S/C18H20N2O3/c1-12-16(11-21)19-13(2)17(12)14-4-3-5-15(10-14)18(22)20-6-8-23-9-7-20/h3-5,10-11,19H,6-9H2,1-2H3. The van der Waals surface area contributed by atoms with E-state index in [1.165, 1.54) is 0 Å². The maximum absolute atomic E-state index is 12.6. The van der Waals surface area contributed by atoms with Gasteiger partial charge in [0.2, 0.25) is 0 Å². The summed E-state index contributed by atoms with van der Waals surface area (Å²) in [5.41, 5.74) is 5.03. The molecule has 0 spiro atoms. The monoisotopic (exact) mass is 312 g/mol. The fourth-order valence-corrected chi connectivity index (χ4v) is 3.08. The van der Waals surface area contributed by atoms with Crippen LogP contribution in [0.3, 0.4) is 0 Å². The first-order valence-electron chi connectivity index (χ1n) is 7.73. The van der Waals surface area contributed by atoms with Gasteiger partial charge >= 0.3 is 0 Å². The average Bonchev–Trinajstić information content (AvgIpc) is 2.89. The van der Waals surface area contributed by atoms with Crippen molar-refractivity contribution in [2.24, 2.45) is 0 Å². The Bertz CT molecular complexity index is 743. The first kappa shape index (κ1) is 15.5. The number of aromatic nitrogens is 1. The Labute approximate surface area is 135 Å². The zero-order valence-electron chi connectivity index (χ0n) is 13.4. The molecule has 0 saturated carbocycles. The number of aryl methyl sites for hydroxylation is 1. The molecule has 3 rings (SSSR count). The van der Waals surface area contributed by atoms with Gasteiger partial charge in [-0.3, -0.25) is 9.59 Å². The highest BCUT2D eigenvalue weighted by molar-refractivity contribution is 5.96. The lowest BCUT2D eigenvalue weighted by Gasteiger charge is -2.27. The highest BCUT2D eigenvalue weighted by atomic mass is 16.5. The van der Waals surface area contributed by atoms with Crippen LogP contribution < -0.4 is 0 Å². The van der Waals surface area contributed by atoms with Gasteiger partial charge in [-0.05, 0) is 37.1 Å². The van der Waals surface area contributed by atoms with E-state index in [1.54, 1.807) is 0 Å². The molecule has 1 N–H and O–H groups in total. The summed E-state index contributed by atoms with van der Waals surface area (Å²) >= 11 is 0. The summed E-state index contributed by atoms with van der Waals surface area (Å²) in [6, 6.07) is 7.58. The molecule has 1 aromatic carbocycles. The number of rotatable bonds is 3. The van der Waals surface area contributed by atoms with Crippen molar-refractivity contribution in [2.75, 3.05) is 26.3 Å². The van der Waals surface area contributed by atoms with Gasteiger partial charge in [-0.15, -0.1) is 0 Å². The molecule has 1 aliphatic heterocycles. The second-order valence-corrected chi connectivity index (χ2v) is 5.77. The van der Waals surface area contributed by atoms with E-state index in [0.29, 0.717) is 37.6 Å². The molecule has 0 atom stereocenters. The maximum Gasteiger partial charge on any atom is 0.254 e. The summed E-state index contributed by atoms with van der Waals surface area (Å²) in [6.07, 6.45) is 0.828. The van der Waals surface area contributed by atoms with E-state index >= 15 is 0 Å². The van der Waals surface area contributed by atoms with Crippen LogP contribution in [0.2, 0.25) is 0 Å². The van der Waals surface area contributed by atoms with Crippen molar-refractivity contribution in [2.45, 2.75) is 13.8 Å². The number of nitrogens with one attached hydrogen (secondary N) is 1. The molecule has 1 aliphatic rings. The van der Waals surface area contributed by atoms with E-state index in [0.717, 1.165) is 28.7 Å². The Morgan fingerprint density at radius 2 is 2.00 bits per heavy atom. The van der Waals surface area contributed by atoms with Crippen LogP contribution in [-0.4, -0.2) is 48.4 Å². The van der Waals surface area contributed by atoms with Crippen molar-refractivity contribution in [3.8, 4) is 11.1 Å². The number of ether oxygens (including phenoxy) is 1. The first-order valence-corrected chi connectivity index (χ1v) is 7.73. The van der Waals surface area contributed by atoms with Gasteiger partial charge < -0.3 is 14.6 Å². The molecular weight excluding hydrogens is 292 g/mol. The minimum Gasteiger partial charge on any atom is -0.378 e. The Morgan fingerprint density at radius 1 is 1.26 bits per heavy atom. The number of benzene rings is 1. The second kappa shape index (κ2) is 6.38. The molecule has 1 fully saturated rings. The van der Waals surface area contributed by atoms with Crippen molar-refractivity contribution in [1.29, 1.82) is 0 Å². The highest BCUT2D eigenvalue weighted by Crippen LogP contribution is 2.29. The van der Waals surface area contributed by atoms with Crippen LogP contribution in [0.4, 0.5) is 0 Å². The number of nitrogens with zero attached hydrogens (tertiary/aromatic N) is 1. The van der Waals surface area contributed by atoms with Crippen LogP contribution in [-0.2, 0) is 4.74 Å². The largest absolute Gasteiger partial charge is 0.378 e. The van der Waals surface area contributed by atoms with Crippen molar-refractivity contribution in [1.82, 2.24) is 9.88 Å². The molecule has 5 nitrogen and oxygen atoms in total. The van der Waals surface area contributed by atoms with Gasteiger partial charge in [-0.25, -0.2) is 0 Å². The molecule has 0 radical (unpaired) electrons. The number of aldehydes is 1. The van der Waals surface area contributed by atoms with E-state index in [1.807, 2.05) is 43.0 Å². The minimum absolute atomic E-state index is 0.0246. The molecule has 2 heterocycles. The summed E-state index contributed by atoms with van der Waals surface area (Å²) in [5, 5.41) is 0. The predicted octanol–water partition coefficient (Wildman–Crippen LogP) is 2.58. The summed E-state index contributed by atoms with van der Waals surface area (Å²) in [6.45, 7) is 6.28. The number of amides is 1. The molecule has 0 aliphatic carbocycles. The third-order valence-corrected chi connectivity index (χ3v) is 4.29. The molecular formula is C18H20N2O3. The van der Waals surface area contributed by atoms with Gasteiger partial charge in [0.05, 0.1) is 18.9 Å². The van der Waals surface area contributed by atoms with Crippen LogP contribution in [0.1, 0.15) is 32.1 Å². The lowest BCUT2D eigenvalue weighted by Crippen LogP contribution is -2.40. The van der Waals surface area contributed by atoms with E-state index in [4.69, 9.17) is 4.74 Å². The fourth-order valence-electron chi connectivity index (χ4n) is 3.08. The second-order valence-electron chi connectivity index (χ2n) is 5.77. The normalized spacial score (nSPS) is 14.8. The summed E-state index contributed by atoms with van der Waals surface area (Å²) in [7, 11) is 0. The van der Waals surface area contributed by atoms with Gasteiger partial charge in [0, 0.05) is 29.9 Å². The number of H-pyrrole nitrogens is 1. The van der Waals surface area contributed by atoms with Gasteiger partial charge in [-0.1, -0.05) is 12.1 Å². The van der Waals surface area contributed by atoms with E-state index in [9.17, 15) is 9.59 Å². The SMILES string of the molecule is Cc1[nH]c(C=O)c(C)c1-c1cccc(C(=O)N2CCOCC2)c1. The fraction of sp³-hybridized carbons (Fsp3) is 0.333. The van der Waals surface area contributed by atoms with Crippen LogP contribution >= 0.6 is 0 Å². The number of hydrogen-bond donors (Lipinski definition) is 1. The van der Waals surface area contributed by atoms with Crippen LogP contribution in [0.5, 0.6) is 0 Å². The van der Waals surface area contributed by atoms with Gasteiger partial charge in [0.15, 0.2) is 6.29 Å². The number of carbonyl (C=O) groups excluding carboxylic acids is 2. The number of morpholine rings is 1. The molecule has 23 heavy (non-hydrogen) atoms. The smallest absolute Gasteiger partial charge is 0.254 e. The quantitative estimate of drug-likeness (QED) is 0.886. The third-order valence-electron chi connectivity index (χ3n) is 4.29. The molecule has 120 valence electrons. The third kappa shape index (κ3) is 2.92. The van der Waals surface area contributed by atoms with Crippen LogP contribution in [0.15, 0.2) is 24.3 Å². The Balaban J connectivity index is 1.95. The van der Waals surface area contributed by atoms with Gasteiger partial charge in [0.25, 0.3) is 5.91 Å². The topological polar surface area (TPSA) is 62.4 Å². The van der Waals surface area contributed by atoms with Crippen molar-refractivity contribution >= 4 is 12.2 Å². The van der Waals surface area contributed by atoms with E-state index < -0.39 is 0 Å². The zero-order valence-corrected chi connectivity index (χ0v) is 13.4. The molecule has 2 aromatic rings. The number of hydrogen-bond acceptors (Lipinski definition) is 3. The van der Waals surface area contributed by atoms with Crippen molar-refractivity contribution in [3.05, 3.63) is 46.8 Å². The molecule has 1 saturated heterocycles. The van der Waals surface area contributed by atoms with Gasteiger partial charge in [-0.2, -0.15) is 0 Å². The molecule has 0 bridgehead atoms. The predicted molar refractivity (Wildman–Crippen MR) is 87.8 cm³/mol. The molecule has 1 amide bonds. The Morgan fingerprint density at radius 3 is 2.65 bits per heavy atom. The summed E-state index contributed by atoms with van der Waals surface area (Å²) in [4.78, 5) is 28.6. The number of aromatic amines is 1. The lowest BCUT2D eigenvalue weighted by molar-refractivity contribution is 0.0303. The summed E-state index contributed by atoms with van der Waals surface area (Å²) in [5.74, 6) is 0.0246. The van der Waals surface area contributed by atoms with Crippen molar-refractivity contribution < 1.29 is 14.3 Å². The molecule has 5 heteroatoms.